The van der Waals surface area contributed by atoms with Crippen LogP contribution in [-0.2, 0) is 13.1 Å². The first kappa shape index (κ1) is 12.1. The molecule has 0 atom stereocenters. The van der Waals surface area contributed by atoms with Crippen LogP contribution < -0.4 is 5.32 Å². The summed E-state index contributed by atoms with van der Waals surface area (Å²) in [6.07, 6.45) is 1.05. The predicted molar refractivity (Wildman–Crippen MR) is 58.4 cm³/mol. The van der Waals surface area contributed by atoms with Crippen LogP contribution in [0.3, 0.4) is 0 Å². The van der Waals surface area contributed by atoms with Crippen molar-refractivity contribution in [1.29, 1.82) is 0 Å². The molecule has 0 aromatic carbocycles. The number of rotatable bonds is 7. The van der Waals surface area contributed by atoms with Gasteiger partial charge in [-0.05, 0) is 30.9 Å². The van der Waals surface area contributed by atoms with Crippen LogP contribution in [0.2, 0.25) is 0 Å². The van der Waals surface area contributed by atoms with Crippen molar-refractivity contribution < 1.29 is 0 Å². The zero-order valence-corrected chi connectivity index (χ0v) is 9.77. The van der Waals surface area contributed by atoms with Crippen LogP contribution in [0.1, 0.15) is 19.2 Å². The highest BCUT2D eigenvalue weighted by Crippen LogP contribution is 1.98. The smallest absolute Gasteiger partial charge is 0.165 e. The second-order valence-corrected chi connectivity index (χ2v) is 3.66. The van der Waals surface area contributed by atoms with Gasteiger partial charge >= 0.3 is 0 Å². The lowest BCUT2D eigenvalue weighted by Crippen LogP contribution is -2.28. The molecule has 86 valence electrons. The fourth-order valence-electron chi connectivity index (χ4n) is 1.35. The van der Waals surface area contributed by atoms with Gasteiger partial charge in [0, 0.05) is 19.6 Å². The molecule has 0 amide bonds. The lowest BCUT2D eigenvalue weighted by atomic mass is 10.4. The highest BCUT2D eigenvalue weighted by Gasteiger charge is 2.07. The first-order valence-electron chi connectivity index (χ1n) is 5.36. The van der Waals surface area contributed by atoms with E-state index in [1.165, 1.54) is 0 Å². The van der Waals surface area contributed by atoms with Crippen molar-refractivity contribution in [2.45, 2.75) is 26.4 Å². The maximum atomic E-state index is 4.02. The van der Waals surface area contributed by atoms with Crippen molar-refractivity contribution in [2.24, 2.45) is 0 Å². The quantitative estimate of drug-likeness (QED) is 0.674. The Balaban J connectivity index is 2.44. The Kier molecular flexibility index (Phi) is 5.20. The average Bonchev–Trinajstić information content (AvgIpc) is 2.63. The van der Waals surface area contributed by atoms with Gasteiger partial charge < -0.3 is 5.32 Å². The van der Waals surface area contributed by atoms with Gasteiger partial charge in [-0.25, -0.2) is 4.68 Å². The largest absolute Gasteiger partial charge is 0.318 e. The number of hydrogen-bond acceptors (Lipinski definition) is 5. The van der Waals surface area contributed by atoms with E-state index in [0.717, 1.165) is 38.4 Å². The normalized spacial score (nSPS) is 11.2. The molecule has 0 bridgehead atoms. The Hall–Kier alpha value is -1.01. The number of tetrazole rings is 1. The lowest BCUT2D eigenvalue weighted by Gasteiger charge is -2.15. The van der Waals surface area contributed by atoms with Crippen LogP contribution >= 0.6 is 0 Å². The Labute approximate surface area is 90.6 Å². The highest BCUT2D eigenvalue weighted by atomic mass is 15.5. The Morgan fingerprint density at radius 2 is 2.27 bits per heavy atom. The summed E-state index contributed by atoms with van der Waals surface area (Å²) in [5.74, 6) is 0.940. The fraction of sp³-hybridized carbons (Fsp3) is 0.889. The molecule has 0 aliphatic heterocycles. The molecular formula is C9H20N6. The summed E-state index contributed by atoms with van der Waals surface area (Å²) < 4.78 is 1.87. The van der Waals surface area contributed by atoms with Gasteiger partial charge in [0.05, 0.1) is 6.54 Å². The zero-order chi connectivity index (χ0) is 11.1. The maximum Gasteiger partial charge on any atom is 0.165 e. The molecule has 0 unspecified atom stereocenters. The van der Waals surface area contributed by atoms with Gasteiger partial charge in [0.2, 0.25) is 0 Å². The van der Waals surface area contributed by atoms with E-state index in [9.17, 15) is 0 Å². The van der Waals surface area contributed by atoms with E-state index in [4.69, 9.17) is 0 Å². The summed E-state index contributed by atoms with van der Waals surface area (Å²) in [5, 5.41) is 14.8. The second-order valence-electron chi connectivity index (χ2n) is 3.66. The van der Waals surface area contributed by atoms with Crippen LogP contribution in [0.25, 0.3) is 0 Å². The third-order valence-electron chi connectivity index (χ3n) is 2.20. The summed E-state index contributed by atoms with van der Waals surface area (Å²) in [5.41, 5.74) is 0. The third kappa shape index (κ3) is 3.93. The van der Waals surface area contributed by atoms with Gasteiger partial charge in [0.15, 0.2) is 5.82 Å². The van der Waals surface area contributed by atoms with Crippen LogP contribution in [0, 0.1) is 0 Å². The second kappa shape index (κ2) is 6.47. The van der Waals surface area contributed by atoms with E-state index < -0.39 is 0 Å². The molecule has 1 N–H and O–H groups in total. The minimum atomic E-state index is 0.800. The lowest BCUT2D eigenvalue weighted by molar-refractivity contribution is 0.311. The number of hydrogen-bond donors (Lipinski definition) is 1. The first-order chi connectivity index (χ1) is 7.27. The number of aryl methyl sites for hydroxylation is 1. The minimum absolute atomic E-state index is 0.800. The molecule has 0 aliphatic carbocycles. The van der Waals surface area contributed by atoms with E-state index in [-0.39, 0.29) is 0 Å². The number of aromatic nitrogens is 4. The summed E-state index contributed by atoms with van der Waals surface area (Å²) in [6, 6.07) is 0. The molecule has 6 nitrogen and oxygen atoms in total. The molecule has 0 aliphatic rings. The topological polar surface area (TPSA) is 58.9 Å². The van der Waals surface area contributed by atoms with Gasteiger partial charge in [0.25, 0.3) is 0 Å². The van der Waals surface area contributed by atoms with Gasteiger partial charge in [-0.1, -0.05) is 6.92 Å². The van der Waals surface area contributed by atoms with E-state index in [1.54, 1.807) is 0 Å². The molecule has 1 heterocycles. The van der Waals surface area contributed by atoms with Crippen molar-refractivity contribution >= 4 is 0 Å². The number of nitrogens with zero attached hydrogens (tertiary/aromatic N) is 5. The van der Waals surface area contributed by atoms with E-state index >= 15 is 0 Å². The molecule has 1 aromatic rings. The number of nitrogens with one attached hydrogen (secondary N) is 1. The van der Waals surface area contributed by atoms with Crippen LogP contribution in [0.15, 0.2) is 0 Å². The van der Waals surface area contributed by atoms with Gasteiger partial charge in [-0.2, -0.15) is 0 Å². The monoisotopic (exact) mass is 212 g/mol. The SMILES string of the molecule is CCCn1nnnc1CN(C)CCNC. The van der Waals surface area contributed by atoms with Gasteiger partial charge in [-0.15, -0.1) is 5.10 Å². The standard InChI is InChI=1S/C9H20N6/c1-4-6-15-9(11-12-13-15)8-14(3)7-5-10-2/h10H,4-8H2,1-3H3. The third-order valence-corrected chi connectivity index (χ3v) is 2.20. The molecule has 1 rings (SSSR count). The van der Waals surface area contributed by atoms with Crippen molar-refractivity contribution in [3.05, 3.63) is 5.82 Å². The molecule has 0 radical (unpaired) electrons. The Bertz CT molecular complexity index is 271. The van der Waals surface area contributed by atoms with Crippen LogP contribution in [-0.4, -0.2) is 52.3 Å². The highest BCUT2D eigenvalue weighted by molar-refractivity contribution is 4.80. The predicted octanol–water partition coefficient (Wildman–Crippen LogP) is -0.266. The first-order valence-corrected chi connectivity index (χ1v) is 5.36. The van der Waals surface area contributed by atoms with Gasteiger partial charge in [0.1, 0.15) is 0 Å². The van der Waals surface area contributed by atoms with Gasteiger partial charge in [-0.3, -0.25) is 4.90 Å². The van der Waals surface area contributed by atoms with Crippen LogP contribution in [0.5, 0.6) is 0 Å². The molecule has 6 heteroatoms. The van der Waals surface area contributed by atoms with Crippen molar-refractivity contribution in [3.63, 3.8) is 0 Å². The molecule has 15 heavy (non-hydrogen) atoms. The summed E-state index contributed by atoms with van der Waals surface area (Å²) in [4.78, 5) is 2.20. The molecular weight excluding hydrogens is 192 g/mol. The summed E-state index contributed by atoms with van der Waals surface area (Å²) in [6.45, 7) is 5.79. The van der Waals surface area contributed by atoms with E-state index in [2.05, 4.69) is 39.7 Å². The molecule has 0 spiro atoms. The van der Waals surface area contributed by atoms with E-state index in [1.807, 2.05) is 11.7 Å². The Morgan fingerprint density at radius 3 is 2.93 bits per heavy atom. The van der Waals surface area contributed by atoms with Crippen molar-refractivity contribution in [1.82, 2.24) is 30.4 Å². The molecule has 0 fully saturated rings. The van der Waals surface area contributed by atoms with E-state index in [0.29, 0.717) is 0 Å². The molecule has 0 saturated heterocycles. The van der Waals surface area contributed by atoms with Crippen molar-refractivity contribution in [3.8, 4) is 0 Å². The Morgan fingerprint density at radius 1 is 1.47 bits per heavy atom. The molecule has 1 aromatic heterocycles. The minimum Gasteiger partial charge on any atom is -0.318 e. The molecule has 0 saturated carbocycles. The fourth-order valence-corrected chi connectivity index (χ4v) is 1.35. The summed E-state index contributed by atoms with van der Waals surface area (Å²) in [7, 11) is 4.03. The average molecular weight is 212 g/mol. The summed E-state index contributed by atoms with van der Waals surface area (Å²) >= 11 is 0. The maximum absolute atomic E-state index is 4.02. The zero-order valence-electron chi connectivity index (χ0n) is 9.77. The van der Waals surface area contributed by atoms with Crippen molar-refractivity contribution in [2.75, 3.05) is 27.2 Å². The van der Waals surface area contributed by atoms with Crippen LogP contribution in [0.4, 0.5) is 0 Å². The number of likely N-dealkylation sites (N-methyl/N-ethyl adjacent to an activating group) is 2.